The van der Waals surface area contributed by atoms with Crippen molar-refractivity contribution >= 4 is 16.9 Å². The third-order valence-electron chi connectivity index (χ3n) is 7.63. The fourth-order valence-electron chi connectivity index (χ4n) is 5.85. The number of aromatic nitrogens is 2. The molecule has 33 heavy (non-hydrogen) atoms. The summed E-state index contributed by atoms with van der Waals surface area (Å²) < 4.78 is 5.70. The summed E-state index contributed by atoms with van der Waals surface area (Å²) in [6.45, 7) is 7.25. The Bertz CT molecular complexity index is 1110. The van der Waals surface area contributed by atoms with Crippen LogP contribution in [-0.2, 0) is 21.4 Å². The SMILES string of the molecule is Cc1cc(C)cc(C2(C(=O)N3CCC[C@@H](Cc4ccc5cc[nH]c5n4)CC3)CCOCC2)c1. The molecular weight excluding hydrogens is 410 g/mol. The van der Waals surface area contributed by atoms with Crippen molar-refractivity contribution in [2.45, 2.75) is 57.8 Å². The van der Waals surface area contributed by atoms with Crippen LogP contribution in [0.2, 0.25) is 0 Å². The summed E-state index contributed by atoms with van der Waals surface area (Å²) in [7, 11) is 0. The summed E-state index contributed by atoms with van der Waals surface area (Å²) in [5, 5.41) is 1.16. The van der Waals surface area contributed by atoms with Gasteiger partial charge >= 0.3 is 0 Å². The van der Waals surface area contributed by atoms with Gasteiger partial charge in [0.2, 0.25) is 5.91 Å². The minimum atomic E-state index is -0.449. The number of amides is 1. The van der Waals surface area contributed by atoms with Crippen molar-refractivity contribution in [2.75, 3.05) is 26.3 Å². The second kappa shape index (κ2) is 9.30. The van der Waals surface area contributed by atoms with E-state index in [9.17, 15) is 4.79 Å². The van der Waals surface area contributed by atoms with Gasteiger partial charge < -0.3 is 14.6 Å². The van der Waals surface area contributed by atoms with Gasteiger partial charge in [-0.15, -0.1) is 0 Å². The second-order valence-electron chi connectivity index (χ2n) is 10.1. The quantitative estimate of drug-likeness (QED) is 0.608. The molecule has 2 aromatic heterocycles. The van der Waals surface area contributed by atoms with Gasteiger partial charge in [0.15, 0.2) is 0 Å². The molecule has 2 fully saturated rings. The number of benzene rings is 1. The highest BCUT2D eigenvalue weighted by Crippen LogP contribution is 2.38. The Morgan fingerprint density at radius 1 is 1.09 bits per heavy atom. The standard InChI is InChI=1S/C28H35N3O2/c1-20-16-21(2)18-24(17-20)28(9-14-33-15-10-28)27(32)31-12-3-4-22(8-13-31)19-25-6-5-23-7-11-29-26(23)30-25/h5-7,11,16-18,22H,3-4,8-10,12-15,19H2,1-2H3,(H,29,30)/t22-/m1/s1. The minimum Gasteiger partial charge on any atom is -0.381 e. The van der Waals surface area contributed by atoms with Gasteiger partial charge in [0.05, 0.1) is 5.41 Å². The molecule has 0 bridgehead atoms. The molecule has 174 valence electrons. The molecule has 0 saturated carbocycles. The molecule has 2 aliphatic heterocycles. The first kappa shape index (κ1) is 22.1. The highest BCUT2D eigenvalue weighted by atomic mass is 16.5. The number of hydrogen-bond donors (Lipinski definition) is 1. The number of nitrogens with zero attached hydrogens (tertiary/aromatic N) is 2. The van der Waals surface area contributed by atoms with Gasteiger partial charge in [0.1, 0.15) is 5.65 Å². The molecule has 5 rings (SSSR count). The average Bonchev–Trinajstić information content (AvgIpc) is 3.16. The Balaban J connectivity index is 1.32. The van der Waals surface area contributed by atoms with Crippen LogP contribution in [0.5, 0.6) is 0 Å². The number of carbonyl (C=O) groups is 1. The normalized spacial score (nSPS) is 21.2. The molecule has 1 N–H and O–H groups in total. The van der Waals surface area contributed by atoms with E-state index in [0.717, 1.165) is 68.3 Å². The molecule has 2 saturated heterocycles. The van der Waals surface area contributed by atoms with Crippen LogP contribution in [-0.4, -0.2) is 47.1 Å². The van der Waals surface area contributed by atoms with E-state index >= 15 is 0 Å². The summed E-state index contributed by atoms with van der Waals surface area (Å²) >= 11 is 0. The van der Waals surface area contributed by atoms with Crippen LogP contribution < -0.4 is 0 Å². The third kappa shape index (κ3) is 4.56. The van der Waals surface area contributed by atoms with Crippen LogP contribution in [0, 0.1) is 19.8 Å². The Morgan fingerprint density at radius 3 is 2.67 bits per heavy atom. The van der Waals surface area contributed by atoms with Crippen LogP contribution >= 0.6 is 0 Å². The largest absolute Gasteiger partial charge is 0.381 e. The lowest BCUT2D eigenvalue weighted by atomic mass is 9.72. The number of carbonyl (C=O) groups excluding carboxylic acids is 1. The summed E-state index contributed by atoms with van der Waals surface area (Å²) in [5.74, 6) is 0.872. The van der Waals surface area contributed by atoms with Crippen molar-refractivity contribution in [3.8, 4) is 0 Å². The molecule has 1 aromatic carbocycles. The summed E-state index contributed by atoms with van der Waals surface area (Å²) in [6.07, 6.45) is 7.71. The molecule has 1 amide bonds. The summed E-state index contributed by atoms with van der Waals surface area (Å²) in [6, 6.07) is 13.0. The molecule has 3 aromatic rings. The number of H-pyrrole nitrogens is 1. The van der Waals surface area contributed by atoms with Crippen LogP contribution in [0.4, 0.5) is 0 Å². The number of likely N-dealkylation sites (tertiary alicyclic amines) is 1. The van der Waals surface area contributed by atoms with Crippen molar-refractivity contribution in [3.63, 3.8) is 0 Å². The van der Waals surface area contributed by atoms with Gasteiger partial charge in [-0.25, -0.2) is 4.98 Å². The lowest BCUT2D eigenvalue weighted by molar-refractivity contribution is -0.141. The maximum atomic E-state index is 14.1. The number of aromatic amines is 1. The van der Waals surface area contributed by atoms with Crippen LogP contribution in [0.1, 0.15) is 54.5 Å². The van der Waals surface area contributed by atoms with Gasteiger partial charge in [-0.05, 0) is 82.1 Å². The number of nitrogens with one attached hydrogen (secondary N) is 1. The van der Waals surface area contributed by atoms with E-state index in [1.807, 2.05) is 6.20 Å². The summed E-state index contributed by atoms with van der Waals surface area (Å²) in [5.41, 5.74) is 5.29. The number of ether oxygens (including phenoxy) is 1. The fourth-order valence-corrected chi connectivity index (χ4v) is 5.85. The molecule has 1 atom stereocenters. The number of hydrogen-bond acceptors (Lipinski definition) is 3. The fraction of sp³-hybridized carbons (Fsp3) is 0.500. The Morgan fingerprint density at radius 2 is 1.88 bits per heavy atom. The number of rotatable bonds is 4. The first-order valence-electron chi connectivity index (χ1n) is 12.4. The molecular formula is C28H35N3O2. The molecule has 4 heterocycles. The summed E-state index contributed by atoms with van der Waals surface area (Å²) in [4.78, 5) is 24.3. The monoisotopic (exact) mass is 445 g/mol. The van der Waals surface area contributed by atoms with E-state index in [-0.39, 0.29) is 0 Å². The van der Waals surface area contributed by atoms with E-state index < -0.39 is 5.41 Å². The van der Waals surface area contributed by atoms with Gasteiger partial charge in [-0.3, -0.25) is 4.79 Å². The zero-order valence-corrected chi connectivity index (χ0v) is 19.9. The van der Waals surface area contributed by atoms with Crippen molar-refractivity contribution in [1.82, 2.24) is 14.9 Å². The number of aryl methyl sites for hydroxylation is 2. The van der Waals surface area contributed by atoms with Gasteiger partial charge in [-0.1, -0.05) is 29.3 Å². The van der Waals surface area contributed by atoms with Crippen molar-refractivity contribution in [2.24, 2.45) is 5.92 Å². The number of fused-ring (bicyclic) bond motifs is 1. The average molecular weight is 446 g/mol. The van der Waals surface area contributed by atoms with Gasteiger partial charge in [-0.2, -0.15) is 0 Å². The Hall–Kier alpha value is -2.66. The molecule has 5 nitrogen and oxygen atoms in total. The van der Waals surface area contributed by atoms with E-state index in [0.29, 0.717) is 25.0 Å². The predicted octanol–water partition coefficient (Wildman–Crippen LogP) is 5.10. The maximum absolute atomic E-state index is 14.1. The first-order chi connectivity index (χ1) is 16.0. The maximum Gasteiger partial charge on any atom is 0.233 e. The third-order valence-corrected chi connectivity index (χ3v) is 7.63. The number of pyridine rings is 1. The second-order valence-corrected chi connectivity index (χ2v) is 10.1. The lowest BCUT2D eigenvalue weighted by Crippen LogP contribution is -2.50. The molecule has 0 radical (unpaired) electrons. The lowest BCUT2D eigenvalue weighted by Gasteiger charge is -2.40. The van der Waals surface area contributed by atoms with E-state index in [1.54, 1.807) is 0 Å². The smallest absolute Gasteiger partial charge is 0.233 e. The van der Waals surface area contributed by atoms with E-state index in [1.165, 1.54) is 16.7 Å². The molecule has 0 spiro atoms. The highest BCUT2D eigenvalue weighted by molar-refractivity contribution is 5.88. The molecule has 0 aliphatic carbocycles. The van der Waals surface area contributed by atoms with Gasteiger partial charge in [0.25, 0.3) is 0 Å². The van der Waals surface area contributed by atoms with E-state index in [2.05, 4.69) is 60.1 Å². The predicted molar refractivity (Wildman–Crippen MR) is 131 cm³/mol. The minimum absolute atomic E-state index is 0.308. The zero-order valence-electron chi connectivity index (χ0n) is 19.9. The van der Waals surface area contributed by atoms with Crippen molar-refractivity contribution < 1.29 is 9.53 Å². The van der Waals surface area contributed by atoms with Crippen molar-refractivity contribution in [3.05, 3.63) is 65.0 Å². The van der Waals surface area contributed by atoms with Crippen molar-refractivity contribution in [1.29, 1.82) is 0 Å². The molecule has 0 unspecified atom stereocenters. The van der Waals surface area contributed by atoms with Gasteiger partial charge in [0, 0.05) is 43.6 Å². The van der Waals surface area contributed by atoms with Crippen LogP contribution in [0.15, 0.2) is 42.6 Å². The highest BCUT2D eigenvalue weighted by Gasteiger charge is 2.44. The Labute approximate surface area is 196 Å². The van der Waals surface area contributed by atoms with Crippen LogP contribution in [0.25, 0.3) is 11.0 Å². The topological polar surface area (TPSA) is 58.2 Å². The molecule has 2 aliphatic rings. The Kier molecular flexibility index (Phi) is 6.24. The molecule has 5 heteroatoms. The first-order valence-corrected chi connectivity index (χ1v) is 12.4. The van der Waals surface area contributed by atoms with Crippen LogP contribution in [0.3, 0.4) is 0 Å². The zero-order chi connectivity index (χ0) is 22.8. The van der Waals surface area contributed by atoms with E-state index in [4.69, 9.17) is 9.72 Å².